The van der Waals surface area contributed by atoms with Crippen molar-refractivity contribution in [3.8, 4) is 5.75 Å². The van der Waals surface area contributed by atoms with E-state index < -0.39 is 36.7 Å². The van der Waals surface area contributed by atoms with Gasteiger partial charge in [-0.15, -0.1) is 0 Å². The zero-order valence-electron chi connectivity index (χ0n) is 16.5. The molecule has 0 fully saturated rings. The second kappa shape index (κ2) is 12.2. The lowest BCUT2D eigenvalue weighted by atomic mass is 9.77. The molecule has 2 amide bonds. The summed E-state index contributed by atoms with van der Waals surface area (Å²) in [6, 6.07) is 2.70. The standard InChI is InChI=1S/C18H21BClFN4O6/c1-30-10-14(24-17(26)13-9-22-5-6-23-13)18(27)25-16(19(28)29)4-7-31-15-3-2-11(20)8-12(15)21/h2-3,5-6,8-9,14,16,28-29H,4,7,10H2,1H3,(H,24,26)(H,25,27). The molecule has 0 aliphatic heterocycles. The topological polar surface area (TPSA) is 143 Å². The molecule has 10 nitrogen and oxygen atoms in total. The average molecular weight is 455 g/mol. The maximum atomic E-state index is 13.8. The van der Waals surface area contributed by atoms with E-state index in [2.05, 4.69) is 20.6 Å². The molecule has 0 saturated carbocycles. The van der Waals surface area contributed by atoms with Crippen molar-refractivity contribution in [3.05, 3.63) is 53.3 Å². The number of methoxy groups -OCH3 is 1. The fourth-order valence-electron chi connectivity index (χ4n) is 2.47. The van der Waals surface area contributed by atoms with Gasteiger partial charge in [0.1, 0.15) is 11.7 Å². The number of benzene rings is 1. The molecule has 2 aromatic rings. The third kappa shape index (κ3) is 7.76. The van der Waals surface area contributed by atoms with E-state index in [0.29, 0.717) is 0 Å². The van der Waals surface area contributed by atoms with Crippen LogP contribution in [-0.2, 0) is 9.53 Å². The smallest absolute Gasteiger partial charge is 0.475 e. The maximum absolute atomic E-state index is 13.8. The molecule has 2 atom stereocenters. The van der Waals surface area contributed by atoms with Crippen molar-refractivity contribution >= 4 is 30.5 Å². The van der Waals surface area contributed by atoms with Gasteiger partial charge in [-0.05, 0) is 18.2 Å². The highest BCUT2D eigenvalue weighted by Gasteiger charge is 2.30. The molecule has 0 saturated heterocycles. The Morgan fingerprint density at radius 1 is 1.29 bits per heavy atom. The average Bonchev–Trinajstić information content (AvgIpc) is 2.74. The number of halogens is 2. The highest BCUT2D eigenvalue weighted by atomic mass is 35.5. The first-order valence-corrected chi connectivity index (χ1v) is 9.49. The van der Waals surface area contributed by atoms with Gasteiger partial charge < -0.3 is 30.2 Å². The summed E-state index contributed by atoms with van der Waals surface area (Å²) < 4.78 is 24.0. The van der Waals surface area contributed by atoms with E-state index in [0.717, 1.165) is 6.07 Å². The largest absolute Gasteiger partial charge is 0.490 e. The van der Waals surface area contributed by atoms with Crippen LogP contribution in [0.15, 0.2) is 36.8 Å². The number of amides is 2. The van der Waals surface area contributed by atoms with Gasteiger partial charge in [-0.1, -0.05) is 11.6 Å². The molecular weight excluding hydrogens is 433 g/mol. The van der Waals surface area contributed by atoms with Crippen LogP contribution in [0.4, 0.5) is 4.39 Å². The number of nitrogens with one attached hydrogen (secondary N) is 2. The van der Waals surface area contributed by atoms with Crippen LogP contribution in [0.2, 0.25) is 5.02 Å². The summed E-state index contributed by atoms with van der Waals surface area (Å²) in [4.78, 5) is 32.4. The van der Waals surface area contributed by atoms with Crippen molar-refractivity contribution in [2.45, 2.75) is 18.4 Å². The maximum Gasteiger partial charge on any atom is 0.475 e. The van der Waals surface area contributed by atoms with Gasteiger partial charge in [0, 0.05) is 30.9 Å². The van der Waals surface area contributed by atoms with E-state index in [1.807, 2.05) is 0 Å². The molecule has 4 N–H and O–H groups in total. The fraction of sp³-hybridized carbons (Fsp3) is 0.333. The van der Waals surface area contributed by atoms with Crippen LogP contribution in [0.25, 0.3) is 0 Å². The number of hydrogen-bond donors (Lipinski definition) is 4. The lowest BCUT2D eigenvalue weighted by molar-refractivity contribution is -0.124. The van der Waals surface area contributed by atoms with Gasteiger partial charge in [-0.3, -0.25) is 14.6 Å². The van der Waals surface area contributed by atoms with Gasteiger partial charge >= 0.3 is 7.12 Å². The first-order valence-electron chi connectivity index (χ1n) is 9.12. The van der Waals surface area contributed by atoms with E-state index in [-0.39, 0.29) is 36.1 Å². The number of hydrogen-bond acceptors (Lipinski definition) is 8. The van der Waals surface area contributed by atoms with Crippen LogP contribution in [0.1, 0.15) is 16.9 Å². The van der Waals surface area contributed by atoms with E-state index in [1.54, 1.807) is 0 Å². The normalized spacial score (nSPS) is 12.5. The minimum Gasteiger partial charge on any atom is -0.490 e. The number of ether oxygens (including phenoxy) is 2. The zero-order valence-corrected chi connectivity index (χ0v) is 17.3. The van der Waals surface area contributed by atoms with E-state index in [9.17, 15) is 24.0 Å². The van der Waals surface area contributed by atoms with Crippen LogP contribution in [0.5, 0.6) is 5.75 Å². The van der Waals surface area contributed by atoms with Crippen molar-refractivity contribution in [3.63, 3.8) is 0 Å². The molecule has 0 spiro atoms. The summed E-state index contributed by atoms with van der Waals surface area (Å²) in [5, 5.41) is 24.2. The van der Waals surface area contributed by atoms with Crippen LogP contribution in [-0.4, -0.2) is 71.3 Å². The van der Waals surface area contributed by atoms with Crippen LogP contribution < -0.4 is 15.4 Å². The minimum absolute atomic E-state index is 0.00598. The molecule has 1 aromatic heterocycles. The molecule has 0 aliphatic rings. The molecular formula is C18H21BClFN4O6. The molecule has 0 radical (unpaired) electrons. The van der Waals surface area contributed by atoms with Gasteiger partial charge in [0.05, 0.1) is 25.4 Å². The Balaban J connectivity index is 1.95. The Labute approximate surface area is 182 Å². The lowest BCUT2D eigenvalue weighted by Gasteiger charge is -2.22. The molecule has 31 heavy (non-hydrogen) atoms. The van der Waals surface area contributed by atoms with Crippen molar-refractivity contribution < 1.29 is 33.5 Å². The molecule has 0 aliphatic carbocycles. The third-order valence-electron chi connectivity index (χ3n) is 4.02. The van der Waals surface area contributed by atoms with Gasteiger partial charge in [-0.2, -0.15) is 0 Å². The van der Waals surface area contributed by atoms with E-state index in [1.165, 1.54) is 37.8 Å². The van der Waals surface area contributed by atoms with Crippen LogP contribution >= 0.6 is 11.6 Å². The Bertz CT molecular complexity index is 879. The van der Waals surface area contributed by atoms with Crippen LogP contribution in [0.3, 0.4) is 0 Å². The van der Waals surface area contributed by atoms with Gasteiger partial charge in [-0.25, -0.2) is 9.37 Å². The van der Waals surface area contributed by atoms with Crippen molar-refractivity contribution in [2.75, 3.05) is 20.3 Å². The third-order valence-corrected chi connectivity index (χ3v) is 4.25. The molecule has 0 bridgehead atoms. The number of aromatic nitrogens is 2. The number of carbonyl (C=O) groups excluding carboxylic acids is 2. The predicted molar refractivity (Wildman–Crippen MR) is 109 cm³/mol. The fourth-order valence-corrected chi connectivity index (χ4v) is 2.62. The van der Waals surface area contributed by atoms with Gasteiger partial charge in [0.2, 0.25) is 5.91 Å². The Morgan fingerprint density at radius 3 is 2.68 bits per heavy atom. The minimum atomic E-state index is -1.93. The number of carbonyl (C=O) groups is 2. The predicted octanol–water partition coefficient (Wildman–Crippen LogP) is -0.0202. The van der Waals surface area contributed by atoms with Gasteiger partial charge in [0.25, 0.3) is 5.91 Å². The van der Waals surface area contributed by atoms with Gasteiger partial charge in [0.15, 0.2) is 11.6 Å². The lowest BCUT2D eigenvalue weighted by Crippen LogP contribution is -2.55. The molecule has 2 rings (SSSR count). The number of nitrogens with zero attached hydrogens (tertiary/aromatic N) is 2. The molecule has 1 heterocycles. The van der Waals surface area contributed by atoms with Crippen LogP contribution in [0, 0.1) is 5.82 Å². The zero-order chi connectivity index (χ0) is 22.8. The van der Waals surface area contributed by atoms with Crippen molar-refractivity contribution in [1.82, 2.24) is 20.6 Å². The highest BCUT2D eigenvalue weighted by molar-refractivity contribution is 6.43. The molecule has 13 heteroatoms. The monoisotopic (exact) mass is 454 g/mol. The Kier molecular flexibility index (Phi) is 9.60. The Morgan fingerprint density at radius 2 is 2.06 bits per heavy atom. The molecule has 166 valence electrons. The second-order valence-electron chi connectivity index (χ2n) is 6.31. The Hall–Kier alpha value is -2.80. The summed E-state index contributed by atoms with van der Waals surface area (Å²) in [7, 11) is -0.594. The summed E-state index contributed by atoms with van der Waals surface area (Å²) in [5.41, 5.74) is -0.00598. The summed E-state index contributed by atoms with van der Waals surface area (Å²) in [6.45, 7) is -0.319. The first kappa shape index (κ1) is 24.5. The van der Waals surface area contributed by atoms with E-state index in [4.69, 9.17) is 21.1 Å². The second-order valence-corrected chi connectivity index (χ2v) is 6.75. The molecule has 1 aromatic carbocycles. The van der Waals surface area contributed by atoms with Crippen molar-refractivity contribution in [2.24, 2.45) is 0 Å². The molecule has 2 unspecified atom stereocenters. The summed E-state index contributed by atoms with van der Waals surface area (Å²) in [6.07, 6.45) is 3.87. The quantitative estimate of drug-likeness (QED) is 0.347. The van der Waals surface area contributed by atoms with E-state index >= 15 is 0 Å². The first-order chi connectivity index (χ1) is 14.8. The van der Waals surface area contributed by atoms with Crippen molar-refractivity contribution in [1.29, 1.82) is 0 Å². The summed E-state index contributed by atoms with van der Waals surface area (Å²) >= 11 is 5.67. The SMILES string of the molecule is COCC(NC(=O)c1cnccn1)C(=O)NC(CCOc1ccc(Cl)cc1F)B(O)O. The summed E-state index contributed by atoms with van der Waals surface area (Å²) in [5.74, 6) is -3.29. The number of rotatable bonds is 11. The highest BCUT2D eigenvalue weighted by Crippen LogP contribution is 2.21.